The molecule has 0 bridgehead atoms. The van der Waals surface area contributed by atoms with Crippen molar-refractivity contribution in [1.82, 2.24) is 0 Å². The van der Waals surface area contributed by atoms with E-state index in [-0.39, 0.29) is 10.1 Å². The smallest absolute Gasteiger partial charge is 0.185 e. The van der Waals surface area contributed by atoms with Gasteiger partial charge in [-0.05, 0) is 25.0 Å². The molecule has 0 aliphatic heterocycles. The summed E-state index contributed by atoms with van der Waals surface area (Å²) in [5.41, 5.74) is 0. The molecular formula is C11H14O4S. The molecule has 2 rings (SSSR count). The molecule has 1 aromatic carbocycles. The Balaban J connectivity index is 2.52. The van der Waals surface area contributed by atoms with Crippen molar-refractivity contribution in [2.75, 3.05) is 14.2 Å². The van der Waals surface area contributed by atoms with Gasteiger partial charge in [-0.1, -0.05) is 0 Å². The van der Waals surface area contributed by atoms with E-state index >= 15 is 0 Å². The van der Waals surface area contributed by atoms with Crippen LogP contribution in [0.2, 0.25) is 0 Å². The van der Waals surface area contributed by atoms with Gasteiger partial charge in [-0.3, -0.25) is 0 Å². The Morgan fingerprint density at radius 3 is 2.38 bits per heavy atom. The maximum absolute atomic E-state index is 12.1. The molecule has 1 fully saturated rings. The highest BCUT2D eigenvalue weighted by atomic mass is 32.2. The van der Waals surface area contributed by atoms with Crippen LogP contribution in [0.4, 0.5) is 0 Å². The van der Waals surface area contributed by atoms with Crippen molar-refractivity contribution in [1.29, 1.82) is 0 Å². The molecule has 1 aliphatic carbocycles. The van der Waals surface area contributed by atoms with Gasteiger partial charge < -0.3 is 9.47 Å². The molecule has 5 heteroatoms. The van der Waals surface area contributed by atoms with Gasteiger partial charge in [-0.25, -0.2) is 8.42 Å². The van der Waals surface area contributed by atoms with Gasteiger partial charge in [0, 0.05) is 6.07 Å². The minimum Gasteiger partial charge on any atom is -0.497 e. The lowest BCUT2D eigenvalue weighted by Gasteiger charge is -2.10. The second kappa shape index (κ2) is 3.97. The monoisotopic (exact) mass is 242 g/mol. The zero-order valence-electron chi connectivity index (χ0n) is 9.26. The summed E-state index contributed by atoms with van der Waals surface area (Å²) in [5.74, 6) is 0.910. The van der Waals surface area contributed by atoms with E-state index in [0.717, 1.165) is 12.8 Å². The van der Waals surface area contributed by atoms with Crippen LogP contribution in [-0.2, 0) is 9.84 Å². The van der Waals surface area contributed by atoms with E-state index < -0.39 is 9.84 Å². The van der Waals surface area contributed by atoms with Crippen LogP contribution in [0, 0.1) is 0 Å². The molecule has 0 saturated heterocycles. The van der Waals surface area contributed by atoms with Crippen molar-refractivity contribution < 1.29 is 17.9 Å². The van der Waals surface area contributed by atoms with Gasteiger partial charge in [0.15, 0.2) is 9.84 Å². The number of rotatable bonds is 4. The van der Waals surface area contributed by atoms with Crippen LogP contribution in [0.3, 0.4) is 0 Å². The van der Waals surface area contributed by atoms with Crippen LogP contribution < -0.4 is 9.47 Å². The van der Waals surface area contributed by atoms with Gasteiger partial charge in [-0.2, -0.15) is 0 Å². The molecule has 1 aromatic rings. The third-order valence-electron chi connectivity index (χ3n) is 2.64. The van der Waals surface area contributed by atoms with E-state index in [1.807, 2.05) is 0 Å². The predicted octanol–water partition coefficient (Wildman–Crippen LogP) is 1.64. The number of hydrogen-bond donors (Lipinski definition) is 0. The van der Waals surface area contributed by atoms with Gasteiger partial charge >= 0.3 is 0 Å². The summed E-state index contributed by atoms with van der Waals surface area (Å²) in [7, 11) is -0.271. The Morgan fingerprint density at radius 1 is 1.19 bits per heavy atom. The predicted molar refractivity (Wildman–Crippen MR) is 59.8 cm³/mol. The second-order valence-electron chi connectivity index (χ2n) is 3.76. The van der Waals surface area contributed by atoms with Gasteiger partial charge in [0.25, 0.3) is 0 Å². The standard InChI is InChI=1S/C11H14O4S/c1-14-8-3-6-10(15-2)11(7-8)16(12,13)9-4-5-9/h3,6-7,9H,4-5H2,1-2H3. The average molecular weight is 242 g/mol. The van der Waals surface area contributed by atoms with Crippen LogP contribution in [0.1, 0.15) is 12.8 Å². The highest BCUT2D eigenvalue weighted by Crippen LogP contribution is 2.38. The maximum Gasteiger partial charge on any atom is 0.185 e. The fourth-order valence-corrected chi connectivity index (χ4v) is 3.39. The van der Waals surface area contributed by atoms with Crippen molar-refractivity contribution in [2.24, 2.45) is 0 Å². The van der Waals surface area contributed by atoms with E-state index in [0.29, 0.717) is 11.5 Å². The van der Waals surface area contributed by atoms with Gasteiger partial charge in [0.2, 0.25) is 0 Å². The Kier molecular flexibility index (Phi) is 2.80. The van der Waals surface area contributed by atoms with Crippen molar-refractivity contribution in [3.8, 4) is 11.5 Å². The van der Waals surface area contributed by atoms with Crippen LogP contribution in [0.15, 0.2) is 23.1 Å². The first-order chi connectivity index (χ1) is 7.59. The minimum absolute atomic E-state index is 0.233. The molecule has 0 spiro atoms. The summed E-state index contributed by atoms with van der Waals surface area (Å²) in [6.45, 7) is 0. The lowest BCUT2D eigenvalue weighted by Crippen LogP contribution is -2.09. The third kappa shape index (κ3) is 1.87. The van der Waals surface area contributed by atoms with Gasteiger partial charge in [0.05, 0.1) is 19.5 Å². The minimum atomic E-state index is -3.25. The molecule has 0 heterocycles. The number of ether oxygens (including phenoxy) is 2. The van der Waals surface area contributed by atoms with E-state index in [4.69, 9.17) is 9.47 Å². The first-order valence-electron chi connectivity index (χ1n) is 5.05. The summed E-state index contributed by atoms with van der Waals surface area (Å²) in [6, 6.07) is 4.82. The second-order valence-corrected chi connectivity index (χ2v) is 5.96. The fourth-order valence-electron chi connectivity index (χ4n) is 1.56. The zero-order chi connectivity index (χ0) is 11.8. The molecule has 0 radical (unpaired) electrons. The molecule has 16 heavy (non-hydrogen) atoms. The van der Waals surface area contributed by atoms with Crippen molar-refractivity contribution >= 4 is 9.84 Å². The highest BCUT2D eigenvalue weighted by Gasteiger charge is 2.38. The Labute approximate surface area is 95.1 Å². The average Bonchev–Trinajstić information content (AvgIpc) is 3.12. The van der Waals surface area contributed by atoms with Crippen LogP contribution in [-0.4, -0.2) is 27.9 Å². The molecule has 0 amide bonds. The number of hydrogen-bond acceptors (Lipinski definition) is 4. The first kappa shape index (κ1) is 11.3. The number of sulfone groups is 1. The fraction of sp³-hybridized carbons (Fsp3) is 0.455. The Hall–Kier alpha value is -1.23. The van der Waals surface area contributed by atoms with E-state index in [2.05, 4.69) is 0 Å². The SMILES string of the molecule is COc1ccc(OC)c(S(=O)(=O)C2CC2)c1. The summed E-state index contributed by atoms with van der Waals surface area (Å²) in [4.78, 5) is 0.233. The maximum atomic E-state index is 12.1. The largest absolute Gasteiger partial charge is 0.497 e. The molecule has 88 valence electrons. The van der Waals surface area contributed by atoms with Crippen LogP contribution in [0.5, 0.6) is 11.5 Å². The molecule has 0 unspecified atom stereocenters. The summed E-state index contributed by atoms with van der Waals surface area (Å²) in [5, 5.41) is -0.242. The molecule has 1 saturated carbocycles. The van der Waals surface area contributed by atoms with E-state index in [1.165, 1.54) is 20.3 Å². The van der Waals surface area contributed by atoms with Gasteiger partial charge in [0.1, 0.15) is 16.4 Å². The summed E-state index contributed by atoms with van der Waals surface area (Å²) in [6.07, 6.45) is 1.48. The molecule has 0 atom stereocenters. The summed E-state index contributed by atoms with van der Waals surface area (Å²) < 4.78 is 34.3. The highest BCUT2D eigenvalue weighted by molar-refractivity contribution is 7.92. The Bertz CT molecular complexity index is 489. The molecule has 4 nitrogen and oxygen atoms in total. The summed E-state index contributed by atoms with van der Waals surface area (Å²) >= 11 is 0. The van der Waals surface area contributed by atoms with Crippen molar-refractivity contribution in [3.63, 3.8) is 0 Å². The first-order valence-corrected chi connectivity index (χ1v) is 6.60. The van der Waals surface area contributed by atoms with E-state index in [1.54, 1.807) is 12.1 Å². The Morgan fingerprint density at radius 2 is 1.88 bits per heavy atom. The van der Waals surface area contributed by atoms with Crippen molar-refractivity contribution in [2.45, 2.75) is 23.0 Å². The molecular weight excluding hydrogens is 228 g/mol. The lowest BCUT2D eigenvalue weighted by molar-refractivity contribution is 0.392. The zero-order valence-corrected chi connectivity index (χ0v) is 10.1. The van der Waals surface area contributed by atoms with Crippen LogP contribution >= 0.6 is 0 Å². The lowest BCUT2D eigenvalue weighted by atomic mass is 10.3. The third-order valence-corrected chi connectivity index (χ3v) is 4.92. The molecule has 0 aromatic heterocycles. The quantitative estimate of drug-likeness (QED) is 0.805. The molecule has 0 N–H and O–H groups in total. The number of benzene rings is 1. The number of methoxy groups -OCH3 is 2. The topological polar surface area (TPSA) is 52.6 Å². The van der Waals surface area contributed by atoms with Gasteiger partial charge in [-0.15, -0.1) is 0 Å². The van der Waals surface area contributed by atoms with Crippen LogP contribution in [0.25, 0.3) is 0 Å². The van der Waals surface area contributed by atoms with Crippen molar-refractivity contribution in [3.05, 3.63) is 18.2 Å². The van der Waals surface area contributed by atoms with E-state index in [9.17, 15) is 8.42 Å². The molecule has 1 aliphatic rings. The normalized spacial score (nSPS) is 15.9.